The van der Waals surface area contributed by atoms with Crippen molar-refractivity contribution in [3.8, 4) is 0 Å². The molecular formula is C14H16N4O6. The number of rotatable bonds is 7. The first-order valence-corrected chi connectivity index (χ1v) is 7.23. The molecule has 0 spiro atoms. The summed E-state index contributed by atoms with van der Waals surface area (Å²) in [6.07, 6.45) is 0.609. The molecule has 0 unspecified atom stereocenters. The van der Waals surface area contributed by atoms with Crippen LogP contribution in [0.5, 0.6) is 0 Å². The van der Waals surface area contributed by atoms with E-state index in [1.54, 1.807) is 6.92 Å². The van der Waals surface area contributed by atoms with Crippen LogP contribution in [0.4, 0.5) is 5.69 Å². The number of hydrogen-bond donors (Lipinski definition) is 4. The van der Waals surface area contributed by atoms with Crippen molar-refractivity contribution in [1.29, 1.82) is 0 Å². The van der Waals surface area contributed by atoms with E-state index in [9.17, 15) is 24.5 Å². The second-order valence-electron chi connectivity index (χ2n) is 5.11. The van der Waals surface area contributed by atoms with Crippen LogP contribution in [0.3, 0.4) is 0 Å². The van der Waals surface area contributed by atoms with E-state index in [4.69, 9.17) is 5.11 Å². The number of carbonyl (C=O) groups is 1. The summed E-state index contributed by atoms with van der Waals surface area (Å²) in [5.74, 6) is -1.02. The van der Waals surface area contributed by atoms with Crippen molar-refractivity contribution in [1.82, 2.24) is 15.3 Å². The van der Waals surface area contributed by atoms with Gasteiger partial charge in [-0.1, -0.05) is 6.92 Å². The Hall–Kier alpha value is -3.01. The molecule has 1 aromatic carbocycles. The Labute approximate surface area is 134 Å². The molecule has 0 fully saturated rings. The number of aliphatic carboxylic acids is 1. The number of nitro benzene ring substituents is 1. The third-order valence-corrected chi connectivity index (χ3v) is 3.60. The summed E-state index contributed by atoms with van der Waals surface area (Å²) in [4.78, 5) is 49.1. The number of benzene rings is 1. The van der Waals surface area contributed by atoms with E-state index in [0.717, 1.165) is 0 Å². The number of carboxylic acid groups (broad SMARTS) is 1. The highest BCUT2D eigenvalue weighted by Crippen LogP contribution is 2.29. The Morgan fingerprint density at radius 1 is 1.29 bits per heavy atom. The molecule has 128 valence electrons. The van der Waals surface area contributed by atoms with Gasteiger partial charge in [-0.25, -0.2) is 0 Å². The van der Waals surface area contributed by atoms with Crippen molar-refractivity contribution < 1.29 is 14.8 Å². The van der Waals surface area contributed by atoms with Crippen LogP contribution in [-0.2, 0) is 17.6 Å². The molecule has 0 atom stereocenters. The van der Waals surface area contributed by atoms with Crippen molar-refractivity contribution in [2.24, 2.45) is 0 Å². The van der Waals surface area contributed by atoms with E-state index >= 15 is 0 Å². The number of fused-ring (bicyclic) bond motifs is 1. The number of hydrogen-bond acceptors (Lipinski definition) is 6. The van der Waals surface area contributed by atoms with Gasteiger partial charge in [0.05, 0.1) is 22.5 Å². The molecule has 10 heteroatoms. The van der Waals surface area contributed by atoms with E-state index < -0.39 is 22.0 Å². The smallest absolute Gasteiger partial charge is 0.317 e. The molecule has 0 radical (unpaired) electrons. The summed E-state index contributed by atoms with van der Waals surface area (Å²) in [6.45, 7) is 1.74. The van der Waals surface area contributed by atoms with E-state index in [-0.39, 0.29) is 30.7 Å². The molecule has 10 nitrogen and oxygen atoms in total. The third kappa shape index (κ3) is 3.49. The summed E-state index contributed by atoms with van der Waals surface area (Å²) >= 11 is 0. The largest absolute Gasteiger partial charge is 0.480 e. The Bertz CT molecular complexity index is 914. The monoisotopic (exact) mass is 336 g/mol. The SMILES string of the molecule is CCc1c([N+](=O)[O-])cc2[nH]c(=O)c(=O)[nH]c2c1CCNCC(=O)O. The van der Waals surface area contributed by atoms with Gasteiger partial charge in [-0.05, 0) is 24.9 Å². The molecule has 0 aliphatic heterocycles. The minimum atomic E-state index is -1.02. The molecule has 1 aromatic heterocycles. The van der Waals surface area contributed by atoms with Gasteiger partial charge >= 0.3 is 17.1 Å². The molecule has 4 N–H and O–H groups in total. The normalized spacial score (nSPS) is 10.9. The summed E-state index contributed by atoms with van der Waals surface area (Å²) in [6, 6.07) is 1.22. The van der Waals surface area contributed by atoms with Gasteiger partial charge < -0.3 is 20.4 Å². The fourth-order valence-electron chi connectivity index (χ4n) is 2.60. The number of aromatic nitrogens is 2. The fourth-order valence-corrected chi connectivity index (χ4v) is 2.60. The Kier molecular flexibility index (Phi) is 5.09. The van der Waals surface area contributed by atoms with Gasteiger partial charge in [0, 0.05) is 11.6 Å². The van der Waals surface area contributed by atoms with Gasteiger partial charge in [-0.3, -0.25) is 24.5 Å². The summed E-state index contributed by atoms with van der Waals surface area (Å²) < 4.78 is 0. The molecular weight excluding hydrogens is 320 g/mol. The zero-order valence-electron chi connectivity index (χ0n) is 12.8. The lowest BCUT2D eigenvalue weighted by molar-refractivity contribution is -0.385. The van der Waals surface area contributed by atoms with E-state index in [2.05, 4.69) is 15.3 Å². The van der Waals surface area contributed by atoms with Crippen LogP contribution in [0.2, 0.25) is 0 Å². The van der Waals surface area contributed by atoms with Crippen molar-refractivity contribution in [2.45, 2.75) is 19.8 Å². The molecule has 0 saturated heterocycles. The first-order chi connectivity index (χ1) is 11.3. The predicted molar refractivity (Wildman–Crippen MR) is 85.4 cm³/mol. The van der Waals surface area contributed by atoms with Crippen LogP contribution >= 0.6 is 0 Å². The minimum Gasteiger partial charge on any atom is -0.480 e. The maximum atomic E-state index is 11.6. The van der Waals surface area contributed by atoms with Crippen LogP contribution in [0.25, 0.3) is 11.0 Å². The first kappa shape index (κ1) is 17.3. The Morgan fingerprint density at radius 2 is 1.96 bits per heavy atom. The lowest BCUT2D eigenvalue weighted by atomic mass is 9.98. The quantitative estimate of drug-likeness (QED) is 0.238. The topological polar surface area (TPSA) is 158 Å². The second-order valence-corrected chi connectivity index (χ2v) is 5.11. The lowest BCUT2D eigenvalue weighted by Crippen LogP contribution is -2.30. The number of nitrogens with one attached hydrogen (secondary N) is 3. The molecule has 0 saturated carbocycles. The van der Waals surface area contributed by atoms with Crippen molar-refractivity contribution in [2.75, 3.05) is 13.1 Å². The maximum absolute atomic E-state index is 11.6. The van der Waals surface area contributed by atoms with Gasteiger partial charge in [0.15, 0.2) is 0 Å². The molecule has 24 heavy (non-hydrogen) atoms. The van der Waals surface area contributed by atoms with Crippen LogP contribution in [0, 0.1) is 10.1 Å². The van der Waals surface area contributed by atoms with Gasteiger partial charge in [0.2, 0.25) is 0 Å². The van der Waals surface area contributed by atoms with E-state index in [1.165, 1.54) is 6.07 Å². The van der Waals surface area contributed by atoms with Crippen LogP contribution in [0.1, 0.15) is 18.1 Å². The van der Waals surface area contributed by atoms with Crippen LogP contribution in [-0.4, -0.2) is 39.1 Å². The van der Waals surface area contributed by atoms with Crippen molar-refractivity contribution >= 4 is 22.7 Å². The molecule has 2 rings (SSSR count). The highest BCUT2D eigenvalue weighted by Gasteiger charge is 2.21. The zero-order valence-corrected chi connectivity index (χ0v) is 12.8. The minimum absolute atomic E-state index is 0.152. The van der Waals surface area contributed by atoms with E-state index in [0.29, 0.717) is 23.1 Å². The van der Waals surface area contributed by atoms with Gasteiger partial charge in [-0.2, -0.15) is 0 Å². The molecule has 0 aliphatic carbocycles. The highest BCUT2D eigenvalue weighted by molar-refractivity contribution is 5.83. The number of H-pyrrole nitrogens is 2. The zero-order chi connectivity index (χ0) is 17.9. The number of nitro groups is 1. The van der Waals surface area contributed by atoms with Gasteiger partial charge in [-0.15, -0.1) is 0 Å². The van der Waals surface area contributed by atoms with Crippen LogP contribution < -0.4 is 16.4 Å². The lowest BCUT2D eigenvalue weighted by Gasteiger charge is -2.12. The molecule has 0 aliphatic rings. The van der Waals surface area contributed by atoms with Crippen molar-refractivity contribution in [3.63, 3.8) is 0 Å². The number of nitrogens with zero attached hydrogens (tertiary/aromatic N) is 1. The van der Waals surface area contributed by atoms with Crippen LogP contribution in [0.15, 0.2) is 15.7 Å². The molecule has 0 amide bonds. The third-order valence-electron chi connectivity index (χ3n) is 3.60. The average molecular weight is 336 g/mol. The summed E-state index contributed by atoms with van der Waals surface area (Å²) in [5, 5.41) is 22.6. The first-order valence-electron chi connectivity index (χ1n) is 7.23. The average Bonchev–Trinajstić information content (AvgIpc) is 2.51. The summed E-state index contributed by atoms with van der Waals surface area (Å²) in [7, 11) is 0. The summed E-state index contributed by atoms with van der Waals surface area (Å²) in [5.41, 5.74) is -0.466. The Morgan fingerprint density at radius 3 is 2.54 bits per heavy atom. The van der Waals surface area contributed by atoms with E-state index in [1.807, 2.05) is 0 Å². The molecule has 2 aromatic rings. The molecule has 0 bridgehead atoms. The number of carboxylic acids is 1. The van der Waals surface area contributed by atoms with Gasteiger partial charge in [0.25, 0.3) is 5.69 Å². The molecule has 1 heterocycles. The maximum Gasteiger partial charge on any atom is 0.317 e. The standard InChI is InChI=1S/C14H16N4O6/c1-2-7-8(3-4-15-6-11(19)20)12-9(5-10(7)18(23)24)16-13(21)14(22)17-12/h5,15H,2-4,6H2,1H3,(H,16,21)(H,17,22)(H,19,20). The highest BCUT2D eigenvalue weighted by atomic mass is 16.6. The Balaban J connectivity index is 2.60. The fraction of sp³-hybridized carbons (Fsp3) is 0.357. The van der Waals surface area contributed by atoms with Crippen molar-refractivity contribution in [3.05, 3.63) is 48.0 Å². The predicted octanol–water partition coefficient (Wildman–Crippen LogP) is -0.0963. The number of aromatic amines is 2. The van der Waals surface area contributed by atoms with Gasteiger partial charge in [0.1, 0.15) is 0 Å². The second kappa shape index (κ2) is 7.04.